The summed E-state index contributed by atoms with van der Waals surface area (Å²) in [6, 6.07) is 29.1. The lowest BCUT2D eigenvalue weighted by atomic mass is 10.0. The van der Waals surface area contributed by atoms with Crippen LogP contribution >= 0.6 is 45.3 Å². The number of aryl methyl sites for hydroxylation is 4. The molecule has 0 saturated carbocycles. The average Bonchev–Trinajstić information content (AvgIpc) is 1.63. The van der Waals surface area contributed by atoms with Crippen LogP contribution in [0.2, 0.25) is 0 Å². The zero-order chi connectivity index (χ0) is 72.7. The van der Waals surface area contributed by atoms with Crippen LogP contribution in [-0.4, -0.2) is 26.4 Å². The first-order valence-electron chi connectivity index (χ1n) is 37.5. The zero-order valence-electron chi connectivity index (χ0n) is 60.7. The minimum atomic E-state index is -0.373. The molecular formula is C86H100F8O4S4. The van der Waals surface area contributed by atoms with Crippen molar-refractivity contribution in [3.05, 3.63) is 166 Å². The molecule has 0 N–H and O–H groups in total. The maximum Gasteiger partial charge on any atom is 0.182 e. The van der Waals surface area contributed by atoms with Gasteiger partial charge in [0.2, 0.25) is 0 Å². The maximum absolute atomic E-state index is 15.0. The van der Waals surface area contributed by atoms with E-state index in [1.54, 1.807) is 24.3 Å². The molecule has 0 spiro atoms. The molecule has 0 bridgehead atoms. The van der Waals surface area contributed by atoms with Gasteiger partial charge in [0.05, 0.1) is 64.0 Å². The fourth-order valence-corrected chi connectivity index (χ4v) is 17.5. The Balaban J connectivity index is 0.000000158. The molecule has 0 unspecified atom stereocenters. The largest absolute Gasteiger partial charge is 0.490 e. The van der Waals surface area contributed by atoms with E-state index in [0.29, 0.717) is 76.0 Å². The molecule has 0 amide bonds. The highest BCUT2D eigenvalue weighted by atomic mass is 32.1. The van der Waals surface area contributed by atoms with Crippen LogP contribution in [0.4, 0.5) is 35.1 Å². The molecule has 0 atom stereocenters. The number of hydrogen-bond donors (Lipinski definition) is 0. The van der Waals surface area contributed by atoms with Crippen molar-refractivity contribution in [3.63, 3.8) is 0 Å². The van der Waals surface area contributed by atoms with Crippen LogP contribution in [0.1, 0.15) is 219 Å². The van der Waals surface area contributed by atoms with E-state index in [0.717, 1.165) is 207 Å². The quantitative estimate of drug-likeness (QED) is 0.0298. The van der Waals surface area contributed by atoms with Crippen molar-refractivity contribution in [1.82, 2.24) is 0 Å². The minimum absolute atomic E-state index is 0.185. The number of ether oxygens (including phenoxy) is 4. The second kappa shape index (κ2) is 40.0. The third-order valence-electron chi connectivity index (χ3n) is 18.6. The number of fused-ring (bicyclic) bond motifs is 12. The van der Waals surface area contributed by atoms with Crippen LogP contribution < -0.4 is 18.9 Å². The Kier molecular flexibility index (Phi) is 31.1. The Labute approximate surface area is 613 Å². The molecule has 12 rings (SSSR count). The zero-order valence-corrected chi connectivity index (χ0v) is 64.0. The van der Waals surface area contributed by atoms with E-state index in [4.69, 9.17) is 18.9 Å². The molecule has 4 aromatic heterocycles. The fourth-order valence-electron chi connectivity index (χ4n) is 12.7. The number of benzene rings is 8. The molecule has 4 heterocycles. The van der Waals surface area contributed by atoms with Gasteiger partial charge in [-0.3, -0.25) is 0 Å². The number of hydrogen-bond acceptors (Lipinski definition) is 8. The van der Waals surface area contributed by atoms with Gasteiger partial charge in [-0.2, -0.15) is 0 Å². The summed E-state index contributed by atoms with van der Waals surface area (Å²) in [6.07, 6.45) is 25.7. The van der Waals surface area contributed by atoms with Gasteiger partial charge >= 0.3 is 0 Å². The van der Waals surface area contributed by atoms with Gasteiger partial charge in [0.1, 0.15) is 23.3 Å². The third-order valence-corrected chi connectivity index (χ3v) is 23.4. The first kappa shape index (κ1) is 79.4. The SMILES string of the molecule is CCCCCCc1ccc2c(sc3c(F)c(OCCCCC)ccc32)c1F.CCCCCOc1ccc2c(sc3c(F)c(CCC)ccc32)c1F.CCCCCOc1ccc2c(sc3c(F)c(CCCC)ccc32)c1F.CCCCCOc1ccc2c(sc3c(F)c(CCCCC)ccc32)c1F. The molecule has 0 aliphatic heterocycles. The normalized spacial score (nSPS) is 11.5. The van der Waals surface area contributed by atoms with Gasteiger partial charge in [-0.05, 0) is 141 Å². The highest BCUT2D eigenvalue weighted by Crippen LogP contribution is 2.45. The topological polar surface area (TPSA) is 36.9 Å². The highest BCUT2D eigenvalue weighted by molar-refractivity contribution is 7.27. The Morgan fingerprint density at radius 1 is 0.206 bits per heavy atom. The van der Waals surface area contributed by atoms with Crippen LogP contribution in [0.15, 0.2) is 97.1 Å². The summed E-state index contributed by atoms with van der Waals surface area (Å²) in [5, 5.41) is 6.21. The van der Waals surface area contributed by atoms with Gasteiger partial charge in [-0.25, -0.2) is 35.1 Å². The van der Waals surface area contributed by atoms with E-state index in [1.807, 2.05) is 79.7 Å². The van der Waals surface area contributed by atoms with Crippen molar-refractivity contribution in [2.75, 3.05) is 26.4 Å². The summed E-state index contributed by atoms with van der Waals surface area (Å²) in [6.45, 7) is 18.9. The monoisotopic (exact) mass is 1480 g/mol. The lowest BCUT2D eigenvalue weighted by molar-refractivity contribution is 0.293. The van der Waals surface area contributed by atoms with Crippen molar-refractivity contribution in [2.45, 2.75) is 222 Å². The van der Waals surface area contributed by atoms with Crippen molar-refractivity contribution in [2.24, 2.45) is 0 Å². The predicted octanol–water partition coefficient (Wildman–Crippen LogP) is 29.8. The molecule has 8 aromatic carbocycles. The van der Waals surface area contributed by atoms with E-state index in [-0.39, 0.29) is 69.5 Å². The third kappa shape index (κ3) is 19.2. The van der Waals surface area contributed by atoms with E-state index in [2.05, 4.69) is 48.5 Å². The van der Waals surface area contributed by atoms with E-state index in [9.17, 15) is 35.1 Å². The molecule has 12 aromatic rings. The molecule has 0 radical (unpaired) electrons. The highest BCUT2D eigenvalue weighted by Gasteiger charge is 2.23. The number of unbranched alkanes of at least 4 members (excludes halogenated alkanes) is 14. The Morgan fingerprint density at radius 2 is 0.412 bits per heavy atom. The Morgan fingerprint density at radius 3 is 0.667 bits per heavy atom. The van der Waals surface area contributed by atoms with Crippen LogP contribution in [-0.2, 0) is 25.7 Å². The summed E-state index contributed by atoms with van der Waals surface area (Å²) in [5.41, 5.74) is 2.89. The summed E-state index contributed by atoms with van der Waals surface area (Å²) in [4.78, 5) is 0. The molecule has 16 heteroatoms. The summed E-state index contributed by atoms with van der Waals surface area (Å²) in [5.74, 6) is -1.19. The number of rotatable bonds is 34. The summed E-state index contributed by atoms with van der Waals surface area (Å²) < 4.78 is 145. The van der Waals surface area contributed by atoms with Gasteiger partial charge in [0.25, 0.3) is 0 Å². The molecule has 4 nitrogen and oxygen atoms in total. The van der Waals surface area contributed by atoms with Crippen LogP contribution in [0.3, 0.4) is 0 Å². The van der Waals surface area contributed by atoms with Gasteiger partial charge in [0.15, 0.2) is 46.3 Å². The Hall–Kier alpha value is -6.72. The van der Waals surface area contributed by atoms with Gasteiger partial charge in [0, 0.05) is 43.1 Å². The molecule has 0 aliphatic rings. The fraction of sp³-hybridized carbons (Fsp3) is 0.442. The van der Waals surface area contributed by atoms with Crippen LogP contribution in [0.25, 0.3) is 80.7 Å². The second-order valence-corrected chi connectivity index (χ2v) is 30.5. The number of thiophene rings is 4. The molecule has 548 valence electrons. The second-order valence-electron chi connectivity index (χ2n) is 26.4. The van der Waals surface area contributed by atoms with Gasteiger partial charge in [-0.1, -0.05) is 200 Å². The lowest BCUT2D eigenvalue weighted by Crippen LogP contribution is -1.98. The van der Waals surface area contributed by atoms with E-state index >= 15 is 0 Å². The molecule has 0 saturated heterocycles. The Bertz CT molecular complexity index is 4610. The molecule has 0 fully saturated rings. The smallest absolute Gasteiger partial charge is 0.182 e. The molecular weight excluding hydrogens is 1380 g/mol. The predicted molar refractivity (Wildman–Crippen MR) is 421 cm³/mol. The van der Waals surface area contributed by atoms with Crippen molar-refractivity contribution < 1.29 is 54.1 Å². The van der Waals surface area contributed by atoms with Crippen molar-refractivity contribution >= 4 is 126 Å². The van der Waals surface area contributed by atoms with Gasteiger partial charge in [-0.15, -0.1) is 45.3 Å². The van der Waals surface area contributed by atoms with Crippen molar-refractivity contribution in [1.29, 1.82) is 0 Å². The molecule has 0 aliphatic carbocycles. The standard InChI is InChI=1S/C23H28F2OS.C22H26F2OS.C21H24F2OS.C20H22F2OS/c1-3-5-7-8-10-16-11-12-17-18-13-14-19(26-15-9-6-4-2)21(25)23(18)27-22(17)20(16)24;1-3-5-7-9-15-10-11-16-17-12-13-18(25-14-8-6-4-2)20(24)22(17)26-21(16)19(15)23;1-3-5-7-13-24-17-12-11-16-15-10-9-14(8-6-4-2)18(22)20(15)25-21(16)19(17)23;1-3-5-6-12-23-16-11-10-15-14-9-8-13(7-4-2)17(21)19(14)24-20(15)18(16)22/h11-14H,3-10,15H2,1-2H3;10-13H,3-9,14H2,1-2H3;9-12H,3-8,13H2,1-2H3;8-11H,3-7,12H2,1-2H3. The van der Waals surface area contributed by atoms with E-state index < -0.39 is 0 Å². The van der Waals surface area contributed by atoms with E-state index in [1.165, 1.54) is 58.2 Å². The first-order valence-corrected chi connectivity index (χ1v) is 40.7. The summed E-state index contributed by atoms with van der Waals surface area (Å²) >= 11 is 4.77. The van der Waals surface area contributed by atoms with Gasteiger partial charge < -0.3 is 18.9 Å². The lowest BCUT2D eigenvalue weighted by Gasteiger charge is -2.07. The van der Waals surface area contributed by atoms with Crippen LogP contribution in [0.5, 0.6) is 23.0 Å². The first-order chi connectivity index (χ1) is 49.7. The summed E-state index contributed by atoms with van der Waals surface area (Å²) in [7, 11) is 0. The maximum atomic E-state index is 15.0. The minimum Gasteiger partial charge on any atom is -0.490 e. The van der Waals surface area contributed by atoms with Crippen LogP contribution in [0, 0.1) is 46.5 Å². The molecule has 102 heavy (non-hydrogen) atoms. The number of halogens is 8. The van der Waals surface area contributed by atoms with Crippen molar-refractivity contribution in [3.8, 4) is 23.0 Å². The average molecular weight is 1480 g/mol.